The van der Waals surface area contributed by atoms with Crippen LogP contribution in [-0.2, 0) is 20.3 Å². The molecule has 0 heterocycles. The molecule has 0 aliphatic heterocycles. The summed E-state index contributed by atoms with van der Waals surface area (Å²) in [6.45, 7) is 4.63. The minimum absolute atomic E-state index is 0.0617. The number of hydrogen-bond acceptors (Lipinski definition) is 3. The Balaban J connectivity index is 3.53. The van der Waals surface area contributed by atoms with E-state index in [0.29, 0.717) is 12.4 Å². The number of hydrogen-bond donors (Lipinski definition) is 1. The number of carbonyl (C=O) groups is 1. The van der Waals surface area contributed by atoms with Gasteiger partial charge in [0.05, 0.1) is 0 Å². The second kappa shape index (κ2) is 8.85. The number of carbonyl (C=O) groups excluding carboxylic acids is 1. The number of ether oxygens (including phenoxy) is 1. The van der Waals surface area contributed by atoms with Gasteiger partial charge in [-0.2, -0.15) is 0 Å². The molecule has 0 aliphatic rings. The van der Waals surface area contributed by atoms with Gasteiger partial charge in [-0.3, -0.25) is 9.00 Å². The molecule has 0 saturated carbocycles. The van der Waals surface area contributed by atoms with Crippen molar-refractivity contribution < 1.29 is 13.7 Å². The molecule has 0 rings (SSSR count). The molecule has 2 unspecified atom stereocenters. The van der Waals surface area contributed by atoms with E-state index in [9.17, 15) is 9.00 Å². The van der Waals surface area contributed by atoms with Gasteiger partial charge in [-0.25, -0.2) is 0 Å². The van der Waals surface area contributed by atoms with Crippen LogP contribution in [0.15, 0.2) is 0 Å². The molecule has 15 heavy (non-hydrogen) atoms. The summed E-state index contributed by atoms with van der Waals surface area (Å²) in [6, 6.07) is 0.0617. The maximum absolute atomic E-state index is 11.3. The fourth-order valence-electron chi connectivity index (χ4n) is 1.04. The second-order valence-corrected chi connectivity index (χ2v) is 5.14. The van der Waals surface area contributed by atoms with Gasteiger partial charge < -0.3 is 10.1 Å². The van der Waals surface area contributed by atoms with Crippen molar-refractivity contribution in [1.82, 2.24) is 5.32 Å². The first kappa shape index (κ1) is 14.6. The molecule has 5 heteroatoms. The summed E-state index contributed by atoms with van der Waals surface area (Å²) in [5, 5.41) is 2.80. The normalized spacial score (nSPS) is 14.6. The molecule has 0 radical (unpaired) electrons. The van der Waals surface area contributed by atoms with E-state index in [-0.39, 0.29) is 18.6 Å². The van der Waals surface area contributed by atoms with E-state index in [0.717, 1.165) is 12.8 Å². The van der Waals surface area contributed by atoms with Crippen molar-refractivity contribution in [3.05, 3.63) is 0 Å². The highest BCUT2D eigenvalue weighted by Gasteiger charge is 2.07. The van der Waals surface area contributed by atoms with Crippen molar-refractivity contribution in [3.8, 4) is 0 Å². The lowest BCUT2D eigenvalue weighted by Crippen LogP contribution is -2.36. The smallest absolute Gasteiger partial charge is 0.246 e. The average molecular weight is 235 g/mol. The second-order valence-electron chi connectivity index (χ2n) is 3.59. The molecule has 0 aliphatic carbocycles. The van der Waals surface area contributed by atoms with Gasteiger partial charge in [-0.1, -0.05) is 6.92 Å². The summed E-state index contributed by atoms with van der Waals surface area (Å²) >= 11 is 0. The number of amides is 1. The monoisotopic (exact) mass is 235 g/mol. The molecule has 0 bridgehead atoms. The Morgan fingerprint density at radius 1 is 1.53 bits per heavy atom. The molecular formula is C10H21NO3S. The summed E-state index contributed by atoms with van der Waals surface area (Å²) in [6.07, 6.45) is 3.32. The summed E-state index contributed by atoms with van der Waals surface area (Å²) in [5.41, 5.74) is 0. The van der Waals surface area contributed by atoms with Crippen LogP contribution in [-0.4, -0.2) is 41.4 Å². The third-order valence-electron chi connectivity index (χ3n) is 1.83. The lowest BCUT2D eigenvalue weighted by Gasteiger charge is -2.12. The Morgan fingerprint density at radius 2 is 2.20 bits per heavy atom. The van der Waals surface area contributed by atoms with Crippen molar-refractivity contribution in [1.29, 1.82) is 0 Å². The topological polar surface area (TPSA) is 55.4 Å². The minimum atomic E-state index is -0.790. The first-order valence-electron chi connectivity index (χ1n) is 5.23. The van der Waals surface area contributed by atoms with Crippen LogP contribution in [0, 0.1) is 0 Å². The zero-order valence-electron chi connectivity index (χ0n) is 9.75. The Hall–Kier alpha value is -0.420. The molecule has 90 valence electrons. The Kier molecular flexibility index (Phi) is 8.61. The fraction of sp³-hybridized carbons (Fsp3) is 0.900. The van der Waals surface area contributed by atoms with E-state index >= 15 is 0 Å². The Morgan fingerprint density at radius 3 is 2.73 bits per heavy atom. The SMILES string of the molecule is CCCOCC(=O)NC(C)CCS(C)=O. The zero-order chi connectivity index (χ0) is 11.7. The Labute approximate surface area is 94.2 Å². The third kappa shape index (κ3) is 9.87. The first-order valence-corrected chi connectivity index (χ1v) is 6.96. The highest BCUT2D eigenvalue weighted by atomic mass is 32.2. The van der Waals surface area contributed by atoms with Crippen molar-refractivity contribution in [3.63, 3.8) is 0 Å². The van der Waals surface area contributed by atoms with Crippen LogP contribution in [0.1, 0.15) is 26.7 Å². The van der Waals surface area contributed by atoms with Gasteiger partial charge >= 0.3 is 0 Å². The summed E-state index contributed by atoms with van der Waals surface area (Å²) in [4.78, 5) is 11.3. The van der Waals surface area contributed by atoms with E-state index in [4.69, 9.17) is 4.74 Å². The molecule has 2 atom stereocenters. The predicted octanol–water partition coefficient (Wildman–Crippen LogP) is 0.686. The van der Waals surface area contributed by atoms with Crippen LogP contribution in [0.5, 0.6) is 0 Å². The third-order valence-corrected chi connectivity index (χ3v) is 2.64. The molecule has 0 spiro atoms. The molecule has 0 aromatic heterocycles. The van der Waals surface area contributed by atoms with Crippen molar-refractivity contribution >= 4 is 16.7 Å². The lowest BCUT2D eigenvalue weighted by molar-refractivity contribution is -0.126. The molecule has 0 aromatic rings. The lowest BCUT2D eigenvalue weighted by atomic mass is 10.2. The van der Waals surface area contributed by atoms with Crippen LogP contribution >= 0.6 is 0 Å². The molecule has 0 saturated heterocycles. The van der Waals surface area contributed by atoms with Crippen LogP contribution < -0.4 is 5.32 Å². The van der Waals surface area contributed by atoms with E-state index < -0.39 is 10.8 Å². The fourth-order valence-corrected chi connectivity index (χ4v) is 1.73. The van der Waals surface area contributed by atoms with Crippen molar-refractivity contribution in [2.24, 2.45) is 0 Å². The first-order chi connectivity index (χ1) is 7.06. The van der Waals surface area contributed by atoms with Gasteiger partial charge in [0.15, 0.2) is 0 Å². The average Bonchev–Trinajstić information content (AvgIpc) is 2.15. The molecule has 1 N–H and O–H groups in total. The number of rotatable bonds is 8. The van der Waals surface area contributed by atoms with Gasteiger partial charge in [0, 0.05) is 35.5 Å². The van der Waals surface area contributed by atoms with Crippen molar-refractivity contribution in [2.75, 3.05) is 25.2 Å². The molecule has 0 fully saturated rings. The van der Waals surface area contributed by atoms with E-state index in [1.165, 1.54) is 0 Å². The van der Waals surface area contributed by atoms with Crippen LogP contribution in [0.2, 0.25) is 0 Å². The van der Waals surface area contributed by atoms with E-state index in [1.54, 1.807) is 6.26 Å². The van der Waals surface area contributed by atoms with Gasteiger partial charge in [-0.05, 0) is 19.8 Å². The number of nitrogens with one attached hydrogen (secondary N) is 1. The van der Waals surface area contributed by atoms with Gasteiger partial charge in [0.1, 0.15) is 6.61 Å². The minimum Gasteiger partial charge on any atom is -0.372 e. The van der Waals surface area contributed by atoms with Gasteiger partial charge in [-0.15, -0.1) is 0 Å². The Bertz CT molecular complexity index is 209. The standard InChI is InChI=1S/C10H21NO3S/c1-4-6-14-8-10(12)11-9(2)5-7-15(3)13/h9H,4-8H2,1-3H3,(H,11,12). The van der Waals surface area contributed by atoms with Crippen LogP contribution in [0.4, 0.5) is 0 Å². The molecule has 4 nitrogen and oxygen atoms in total. The maximum atomic E-state index is 11.3. The van der Waals surface area contributed by atoms with Crippen LogP contribution in [0.3, 0.4) is 0 Å². The molecule has 0 aromatic carbocycles. The van der Waals surface area contributed by atoms with Gasteiger partial charge in [0.2, 0.25) is 5.91 Å². The molecular weight excluding hydrogens is 214 g/mol. The van der Waals surface area contributed by atoms with Gasteiger partial charge in [0.25, 0.3) is 0 Å². The van der Waals surface area contributed by atoms with Crippen molar-refractivity contribution in [2.45, 2.75) is 32.7 Å². The van der Waals surface area contributed by atoms with E-state index in [1.807, 2.05) is 13.8 Å². The summed E-state index contributed by atoms with van der Waals surface area (Å²) in [5.74, 6) is 0.523. The maximum Gasteiger partial charge on any atom is 0.246 e. The quantitative estimate of drug-likeness (QED) is 0.630. The highest BCUT2D eigenvalue weighted by molar-refractivity contribution is 7.84. The summed E-state index contributed by atoms with van der Waals surface area (Å²) in [7, 11) is -0.790. The largest absolute Gasteiger partial charge is 0.372 e. The zero-order valence-corrected chi connectivity index (χ0v) is 10.6. The predicted molar refractivity (Wildman–Crippen MR) is 62.3 cm³/mol. The molecule has 1 amide bonds. The highest BCUT2D eigenvalue weighted by Crippen LogP contribution is 1.92. The van der Waals surface area contributed by atoms with Crippen LogP contribution in [0.25, 0.3) is 0 Å². The van der Waals surface area contributed by atoms with E-state index in [2.05, 4.69) is 5.32 Å². The summed E-state index contributed by atoms with van der Waals surface area (Å²) < 4.78 is 15.9.